The zero-order chi connectivity index (χ0) is 19.3. The zero-order valence-electron chi connectivity index (χ0n) is 15.5. The number of hydrogen-bond acceptors (Lipinski definition) is 5. The number of nitrogens with zero attached hydrogens (tertiary/aromatic N) is 4. The number of aromatic nitrogens is 2. The molecule has 3 heterocycles. The molecule has 0 saturated carbocycles. The minimum Gasteiger partial charge on any atom is -0.463 e. The van der Waals surface area contributed by atoms with Crippen LogP contribution in [-0.2, 0) is 6.54 Å². The number of carbonyl (C=O) groups is 1. The molecule has 0 unspecified atom stereocenters. The SMILES string of the molecule is N#Cc1ccc(CN2CCCN(C(=O)c3cc(-c4ccco4)[nH]n3)CC2)cc1. The Balaban J connectivity index is 1.37. The Kier molecular flexibility index (Phi) is 5.22. The standard InChI is InChI=1S/C21H21N5O2/c22-14-16-4-6-17(7-5-16)15-25-8-2-9-26(11-10-25)21(27)19-13-18(23-24-19)20-3-1-12-28-20/h1,3-7,12-13H,2,8-11,15H2,(H,23,24). The first-order valence-corrected chi connectivity index (χ1v) is 9.33. The molecule has 4 rings (SSSR count). The third kappa shape index (κ3) is 3.97. The summed E-state index contributed by atoms with van der Waals surface area (Å²) in [6.07, 6.45) is 2.51. The highest BCUT2D eigenvalue weighted by molar-refractivity contribution is 5.93. The predicted molar refractivity (Wildman–Crippen MR) is 103 cm³/mol. The van der Waals surface area contributed by atoms with Crippen molar-refractivity contribution in [3.8, 4) is 17.5 Å². The van der Waals surface area contributed by atoms with Crippen LogP contribution in [0.25, 0.3) is 11.5 Å². The van der Waals surface area contributed by atoms with Gasteiger partial charge >= 0.3 is 0 Å². The second kappa shape index (κ2) is 8.11. The molecule has 0 bridgehead atoms. The summed E-state index contributed by atoms with van der Waals surface area (Å²) >= 11 is 0. The van der Waals surface area contributed by atoms with Crippen molar-refractivity contribution in [3.63, 3.8) is 0 Å². The Hall–Kier alpha value is -3.37. The molecule has 0 aliphatic carbocycles. The van der Waals surface area contributed by atoms with Crippen LogP contribution < -0.4 is 0 Å². The van der Waals surface area contributed by atoms with E-state index in [0.717, 1.165) is 26.1 Å². The molecular formula is C21H21N5O2. The highest BCUT2D eigenvalue weighted by atomic mass is 16.3. The van der Waals surface area contributed by atoms with Gasteiger partial charge in [-0.25, -0.2) is 0 Å². The molecule has 1 saturated heterocycles. The van der Waals surface area contributed by atoms with Gasteiger partial charge in [0.25, 0.3) is 5.91 Å². The Bertz CT molecular complexity index is 969. The van der Waals surface area contributed by atoms with Gasteiger partial charge in [0.15, 0.2) is 11.5 Å². The third-order valence-electron chi connectivity index (χ3n) is 4.95. The molecule has 0 radical (unpaired) electrons. The van der Waals surface area contributed by atoms with Crippen molar-refractivity contribution in [1.29, 1.82) is 5.26 Å². The van der Waals surface area contributed by atoms with Gasteiger partial charge in [0.05, 0.1) is 17.9 Å². The summed E-state index contributed by atoms with van der Waals surface area (Å²) in [5.74, 6) is 0.602. The van der Waals surface area contributed by atoms with Crippen LogP contribution in [0.1, 0.15) is 28.0 Å². The van der Waals surface area contributed by atoms with Gasteiger partial charge in [-0.2, -0.15) is 10.4 Å². The van der Waals surface area contributed by atoms with E-state index in [1.807, 2.05) is 35.2 Å². The van der Waals surface area contributed by atoms with Gasteiger partial charge in [-0.3, -0.25) is 14.8 Å². The maximum atomic E-state index is 12.8. The lowest BCUT2D eigenvalue weighted by molar-refractivity contribution is 0.0755. The number of carbonyl (C=O) groups excluding carboxylic acids is 1. The highest BCUT2D eigenvalue weighted by Crippen LogP contribution is 2.19. The van der Waals surface area contributed by atoms with Crippen molar-refractivity contribution < 1.29 is 9.21 Å². The zero-order valence-corrected chi connectivity index (χ0v) is 15.5. The van der Waals surface area contributed by atoms with E-state index in [4.69, 9.17) is 9.68 Å². The molecule has 2 aromatic heterocycles. The van der Waals surface area contributed by atoms with E-state index < -0.39 is 0 Å². The van der Waals surface area contributed by atoms with Crippen LogP contribution in [0.2, 0.25) is 0 Å². The number of furan rings is 1. The number of nitriles is 1. The summed E-state index contributed by atoms with van der Waals surface area (Å²) in [6.45, 7) is 3.94. The van der Waals surface area contributed by atoms with Crippen molar-refractivity contribution >= 4 is 5.91 Å². The van der Waals surface area contributed by atoms with Crippen molar-refractivity contribution in [2.24, 2.45) is 0 Å². The van der Waals surface area contributed by atoms with Gasteiger partial charge < -0.3 is 9.32 Å². The minimum absolute atomic E-state index is 0.0609. The Morgan fingerprint density at radius 2 is 2.04 bits per heavy atom. The van der Waals surface area contributed by atoms with Crippen molar-refractivity contribution in [2.75, 3.05) is 26.2 Å². The molecule has 142 valence electrons. The molecule has 1 amide bonds. The molecule has 28 heavy (non-hydrogen) atoms. The molecule has 7 nitrogen and oxygen atoms in total. The Morgan fingerprint density at radius 1 is 1.18 bits per heavy atom. The van der Waals surface area contributed by atoms with E-state index in [1.54, 1.807) is 18.4 Å². The highest BCUT2D eigenvalue weighted by Gasteiger charge is 2.22. The van der Waals surface area contributed by atoms with Crippen molar-refractivity contribution in [3.05, 3.63) is 65.5 Å². The molecule has 0 spiro atoms. The van der Waals surface area contributed by atoms with Crippen LogP contribution in [0, 0.1) is 11.3 Å². The average molecular weight is 375 g/mol. The summed E-state index contributed by atoms with van der Waals surface area (Å²) in [7, 11) is 0. The van der Waals surface area contributed by atoms with Crippen molar-refractivity contribution in [2.45, 2.75) is 13.0 Å². The van der Waals surface area contributed by atoms with E-state index in [2.05, 4.69) is 21.2 Å². The van der Waals surface area contributed by atoms with E-state index >= 15 is 0 Å². The van der Waals surface area contributed by atoms with Gasteiger partial charge in [-0.1, -0.05) is 12.1 Å². The van der Waals surface area contributed by atoms with Crippen LogP contribution in [0.4, 0.5) is 0 Å². The first-order valence-electron chi connectivity index (χ1n) is 9.33. The quantitative estimate of drug-likeness (QED) is 0.757. The smallest absolute Gasteiger partial charge is 0.274 e. The van der Waals surface area contributed by atoms with Gasteiger partial charge in [0.1, 0.15) is 5.69 Å². The first kappa shape index (κ1) is 18.0. The number of hydrogen-bond donors (Lipinski definition) is 1. The molecule has 1 aromatic carbocycles. The average Bonchev–Trinajstić information content (AvgIpc) is 3.37. The topological polar surface area (TPSA) is 89.2 Å². The van der Waals surface area contributed by atoms with Gasteiger partial charge in [0, 0.05) is 38.8 Å². The fraction of sp³-hybridized carbons (Fsp3) is 0.286. The maximum absolute atomic E-state index is 12.8. The fourth-order valence-electron chi connectivity index (χ4n) is 3.43. The van der Waals surface area contributed by atoms with E-state index in [-0.39, 0.29) is 5.91 Å². The summed E-state index contributed by atoms with van der Waals surface area (Å²) in [5, 5.41) is 15.9. The second-order valence-corrected chi connectivity index (χ2v) is 6.87. The number of rotatable bonds is 4. The number of nitrogens with one attached hydrogen (secondary N) is 1. The molecule has 0 atom stereocenters. The molecule has 1 aliphatic heterocycles. The number of H-pyrrole nitrogens is 1. The van der Waals surface area contributed by atoms with Crippen LogP contribution in [-0.4, -0.2) is 52.1 Å². The van der Waals surface area contributed by atoms with Gasteiger partial charge in [-0.05, 0) is 36.2 Å². The Labute approximate surface area is 163 Å². The summed E-state index contributed by atoms with van der Waals surface area (Å²) in [5.41, 5.74) is 2.95. The second-order valence-electron chi connectivity index (χ2n) is 6.87. The van der Waals surface area contributed by atoms with Crippen LogP contribution in [0.15, 0.2) is 53.1 Å². The van der Waals surface area contributed by atoms with Crippen LogP contribution >= 0.6 is 0 Å². The first-order chi connectivity index (χ1) is 13.7. The summed E-state index contributed by atoms with van der Waals surface area (Å²) in [4.78, 5) is 17.0. The van der Waals surface area contributed by atoms with Gasteiger partial charge in [0.2, 0.25) is 0 Å². The summed E-state index contributed by atoms with van der Waals surface area (Å²) in [6, 6.07) is 15.2. The van der Waals surface area contributed by atoms with Crippen molar-refractivity contribution in [1.82, 2.24) is 20.0 Å². The van der Waals surface area contributed by atoms with E-state index in [1.165, 1.54) is 5.56 Å². The Morgan fingerprint density at radius 3 is 2.79 bits per heavy atom. The lowest BCUT2D eigenvalue weighted by atomic mass is 10.1. The van der Waals surface area contributed by atoms with E-state index in [0.29, 0.717) is 35.8 Å². The van der Waals surface area contributed by atoms with Crippen LogP contribution in [0.3, 0.4) is 0 Å². The van der Waals surface area contributed by atoms with Gasteiger partial charge in [-0.15, -0.1) is 0 Å². The molecule has 1 N–H and O–H groups in total. The number of benzene rings is 1. The normalized spacial score (nSPS) is 15.2. The number of amides is 1. The minimum atomic E-state index is -0.0609. The monoisotopic (exact) mass is 375 g/mol. The largest absolute Gasteiger partial charge is 0.463 e. The molecule has 1 aliphatic rings. The predicted octanol–water partition coefficient (Wildman–Crippen LogP) is 2.89. The van der Waals surface area contributed by atoms with E-state index in [9.17, 15) is 4.79 Å². The maximum Gasteiger partial charge on any atom is 0.274 e. The lowest BCUT2D eigenvalue weighted by Gasteiger charge is -2.21. The third-order valence-corrected chi connectivity index (χ3v) is 4.95. The number of aromatic amines is 1. The molecule has 1 fully saturated rings. The molecule has 3 aromatic rings. The lowest BCUT2D eigenvalue weighted by Crippen LogP contribution is -2.35. The molecule has 7 heteroatoms. The van der Waals surface area contributed by atoms with Crippen LogP contribution in [0.5, 0.6) is 0 Å². The fourth-order valence-corrected chi connectivity index (χ4v) is 3.43. The molecular weight excluding hydrogens is 354 g/mol. The summed E-state index contributed by atoms with van der Waals surface area (Å²) < 4.78 is 5.34.